The van der Waals surface area contributed by atoms with Crippen molar-refractivity contribution in [2.24, 2.45) is 5.92 Å². The predicted octanol–water partition coefficient (Wildman–Crippen LogP) is 2.86. The van der Waals surface area contributed by atoms with Gasteiger partial charge in [0.2, 0.25) is 0 Å². The molecule has 0 aliphatic carbocycles. The van der Waals surface area contributed by atoms with Crippen LogP contribution in [0, 0.1) is 12.8 Å². The molecule has 0 fully saturated rings. The highest BCUT2D eigenvalue weighted by Gasteiger charge is 2.18. The number of carbonyl (C=O) groups is 2. The molecule has 1 aromatic rings. The molecule has 21 heavy (non-hydrogen) atoms. The first-order chi connectivity index (χ1) is 9.72. The van der Waals surface area contributed by atoms with Crippen LogP contribution < -0.4 is 5.32 Å². The van der Waals surface area contributed by atoms with Gasteiger partial charge in [-0.3, -0.25) is 0 Å². The van der Waals surface area contributed by atoms with Crippen LogP contribution in [0.2, 0.25) is 0 Å². The van der Waals surface area contributed by atoms with Gasteiger partial charge in [0.15, 0.2) is 0 Å². The number of rotatable bonds is 6. The first-order valence-electron chi connectivity index (χ1n) is 7.05. The Bertz CT molecular complexity index is 508. The molecule has 0 saturated carbocycles. The summed E-state index contributed by atoms with van der Waals surface area (Å²) in [6.07, 6.45) is 0.924. The number of carbonyl (C=O) groups excluding carboxylic acids is 1. The number of hydrogen-bond donors (Lipinski definition) is 2. The Kier molecular flexibility index (Phi) is 5.81. The topological polar surface area (TPSA) is 82.8 Å². The highest BCUT2D eigenvalue weighted by molar-refractivity contribution is 5.88. The number of carboxylic acid groups (broad SMARTS) is 1. The van der Waals surface area contributed by atoms with Gasteiger partial charge in [-0.15, -0.1) is 0 Å². The average molecular weight is 296 g/mol. The minimum Gasteiger partial charge on any atom is -0.478 e. The van der Waals surface area contributed by atoms with Crippen LogP contribution >= 0.6 is 0 Å². The summed E-state index contributed by atoms with van der Waals surface area (Å²) in [4.78, 5) is 24.6. The first-order valence-corrected chi connectivity index (χ1v) is 7.05. The maximum atomic E-state index is 12.0. The van der Waals surface area contributed by atoms with Crippen molar-refractivity contribution in [1.29, 1.82) is 0 Å². The Balaban J connectivity index is 2.56. The smallest absolute Gasteiger partial charge is 0.339 e. The lowest BCUT2D eigenvalue weighted by Gasteiger charge is -2.26. The van der Waals surface area contributed by atoms with Crippen molar-refractivity contribution in [2.45, 2.75) is 46.7 Å². The minimum atomic E-state index is -1.03. The molecule has 2 amide bonds. The molecule has 0 spiro atoms. The molecule has 118 valence electrons. The number of aryl methyl sites for hydroxylation is 1. The van der Waals surface area contributed by atoms with E-state index in [2.05, 4.69) is 19.2 Å². The summed E-state index contributed by atoms with van der Waals surface area (Å²) in [5, 5.41) is 11.7. The number of urea groups is 1. The van der Waals surface area contributed by atoms with Crippen molar-refractivity contribution in [3.63, 3.8) is 0 Å². The lowest BCUT2D eigenvalue weighted by molar-refractivity contribution is 0.0695. The highest BCUT2D eigenvalue weighted by Crippen LogP contribution is 2.15. The Hall–Kier alpha value is -1.98. The van der Waals surface area contributed by atoms with Crippen LogP contribution in [-0.2, 0) is 6.54 Å². The van der Waals surface area contributed by atoms with Crippen molar-refractivity contribution in [3.8, 4) is 0 Å². The van der Waals surface area contributed by atoms with Crippen molar-refractivity contribution in [2.75, 3.05) is 7.05 Å². The van der Waals surface area contributed by atoms with E-state index in [0.29, 0.717) is 17.4 Å². The molecule has 6 nitrogen and oxygen atoms in total. The van der Waals surface area contributed by atoms with Gasteiger partial charge in [-0.25, -0.2) is 9.59 Å². The van der Waals surface area contributed by atoms with E-state index in [0.717, 1.165) is 6.42 Å². The summed E-state index contributed by atoms with van der Waals surface area (Å²) in [7, 11) is 1.75. The molecule has 1 rings (SSSR count). The van der Waals surface area contributed by atoms with Gasteiger partial charge in [-0.05, 0) is 32.3 Å². The maximum absolute atomic E-state index is 12.0. The molecule has 0 aliphatic heterocycles. The number of hydrogen-bond acceptors (Lipinski definition) is 3. The summed E-state index contributed by atoms with van der Waals surface area (Å²) in [5.74, 6) is 0.258. The van der Waals surface area contributed by atoms with Crippen molar-refractivity contribution < 1.29 is 19.1 Å². The predicted molar refractivity (Wildman–Crippen MR) is 79.3 cm³/mol. The molecule has 0 aromatic carbocycles. The number of amides is 2. The van der Waals surface area contributed by atoms with Crippen molar-refractivity contribution in [1.82, 2.24) is 10.2 Å². The van der Waals surface area contributed by atoms with E-state index >= 15 is 0 Å². The van der Waals surface area contributed by atoms with Gasteiger partial charge in [-0.2, -0.15) is 0 Å². The Morgan fingerprint density at radius 3 is 2.48 bits per heavy atom. The third-order valence-corrected chi connectivity index (χ3v) is 3.41. The van der Waals surface area contributed by atoms with Gasteiger partial charge in [0.05, 0.1) is 6.54 Å². The Labute approximate surface area is 125 Å². The number of furan rings is 1. The molecule has 0 aliphatic rings. The van der Waals surface area contributed by atoms with Crippen LogP contribution in [0.25, 0.3) is 0 Å². The molecular weight excluding hydrogens is 272 g/mol. The maximum Gasteiger partial charge on any atom is 0.339 e. The summed E-state index contributed by atoms with van der Waals surface area (Å²) >= 11 is 0. The minimum absolute atomic E-state index is 0.126. The molecule has 0 saturated heterocycles. The monoisotopic (exact) mass is 296 g/mol. The molecule has 6 heteroatoms. The van der Waals surface area contributed by atoms with Crippen LogP contribution in [0.4, 0.5) is 4.79 Å². The van der Waals surface area contributed by atoms with E-state index < -0.39 is 5.97 Å². The van der Waals surface area contributed by atoms with Crippen LogP contribution in [0.1, 0.15) is 49.1 Å². The fourth-order valence-electron chi connectivity index (χ4n) is 2.17. The summed E-state index contributed by atoms with van der Waals surface area (Å²) < 4.78 is 5.32. The molecule has 1 aromatic heterocycles. The van der Waals surface area contributed by atoms with Gasteiger partial charge in [0, 0.05) is 13.1 Å². The molecule has 2 N–H and O–H groups in total. The summed E-state index contributed by atoms with van der Waals surface area (Å²) in [5.41, 5.74) is 0.126. The van der Waals surface area contributed by atoms with E-state index in [1.165, 1.54) is 6.07 Å². The molecule has 1 unspecified atom stereocenters. The fourth-order valence-corrected chi connectivity index (χ4v) is 2.17. The Morgan fingerprint density at radius 2 is 2.00 bits per heavy atom. The number of nitrogens with zero attached hydrogens (tertiary/aromatic N) is 1. The van der Waals surface area contributed by atoms with E-state index in [1.54, 1.807) is 18.9 Å². The van der Waals surface area contributed by atoms with Gasteiger partial charge in [-0.1, -0.05) is 13.8 Å². The zero-order valence-electron chi connectivity index (χ0n) is 13.3. The molecule has 1 atom stereocenters. The number of nitrogens with one attached hydrogen (secondary N) is 1. The van der Waals surface area contributed by atoms with E-state index in [1.807, 2.05) is 6.92 Å². The molecular formula is C15H24N2O4. The number of aromatic carboxylic acids is 1. The normalized spacial score (nSPS) is 12.3. The quantitative estimate of drug-likeness (QED) is 0.845. The highest BCUT2D eigenvalue weighted by atomic mass is 16.4. The van der Waals surface area contributed by atoms with Crippen LogP contribution in [-0.4, -0.2) is 35.1 Å². The van der Waals surface area contributed by atoms with Crippen LogP contribution in [0.15, 0.2) is 10.5 Å². The fraction of sp³-hybridized carbons (Fsp3) is 0.600. The Morgan fingerprint density at radius 1 is 1.38 bits per heavy atom. The van der Waals surface area contributed by atoms with Gasteiger partial charge in [0.25, 0.3) is 0 Å². The van der Waals surface area contributed by atoms with E-state index in [4.69, 9.17) is 9.52 Å². The third kappa shape index (κ3) is 4.81. The van der Waals surface area contributed by atoms with Crippen LogP contribution in [0.5, 0.6) is 0 Å². The first kappa shape index (κ1) is 17.1. The van der Waals surface area contributed by atoms with E-state index in [9.17, 15) is 9.59 Å². The second kappa shape index (κ2) is 7.15. The van der Waals surface area contributed by atoms with Gasteiger partial charge >= 0.3 is 12.0 Å². The molecule has 0 bridgehead atoms. The lowest BCUT2D eigenvalue weighted by atomic mass is 10.0. The third-order valence-electron chi connectivity index (χ3n) is 3.41. The average Bonchev–Trinajstić information content (AvgIpc) is 2.75. The molecule has 1 heterocycles. The van der Waals surface area contributed by atoms with Gasteiger partial charge in [0.1, 0.15) is 17.1 Å². The van der Waals surface area contributed by atoms with Crippen molar-refractivity contribution >= 4 is 12.0 Å². The van der Waals surface area contributed by atoms with E-state index in [-0.39, 0.29) is 24.2 Å². The number of carboxylic acids is 1. The zero-order valence-corrected chi connectivity index (χ0v) is 13.3. The standard InChI is InChI=1S/C15H24N2O4/c1-9(2)6-10(3)17(5)15(20)16-8-12-7-13(14(18)19)11(4)21-12/h7,9-10H,6,8H2,1-5H3,(H,16,20)(H,18,19). The lowest BCUT2D eigenvalue weighted by Crippen LogP contribution is -2.42. The van der Waals surface area contributed by atoms with Crippen LogP contribution in [0.3, 0.4) is 0 Å². The summed E-state index contributed by atoms with van der Waals surface area (Å²) in [6, 6.07) is 1.38. The van der Waals surface area contributed by atoms with Crippen molar-refractivity contribution in [3.05, 3.63) is 23.2 Å². The van der Waals surface area contributed by atoms with Gasteiger partial charge < -0.3 is 19.7 Å². The second-order valence-electron chi connectivity index (χ2n) is 5.74. The SMILES string of the molecule is Cc1oc(CNC(=O)N(C)C(C)CC(C)C)cc1C(=O)O. The largest absolute Gasteiger partial charge is 0.478 e. The second-order valence-corrected chi connectivity index (χ2v) is 5.74. The summed E-state index contributed by atoms with van der Waals surface area (Å²) in [6.45, 7) is 7.99. The molecule has 0 radical (unpaired) electrons. The zero-order chi connectivity index (χ0) is 16.2.